The van der Waals surface area contributed by atoms with Crippen molar-refractivity contribution < 1.29 is 29.0 Å². The number of carbonyl (C=O) groups excluding carboxylic acids is 2. The van der Waals surface area contributed by atoms with Crippen LogP contribution in [0.4, 0.5) is 0 Å². The number of aliphatic carboxylic acids is 1. The molecule has 12 heteroatoms. The van der Waals surface area contributed by atoms with Gasteiger partial charge in [0, 0.05) is 23.4 Å². The number of rotatable bonds is 9. The third-order valence-corrected chi connectivity index (χ3v) is 5.25. The second-order valence-electron chi connectivity index (χ2n) is 6.54. The van der Waals surface area contributed by atoms with Gasteiger partial charge in [0.05, 0.1) is 20.0 Å². The van der Waals surface area contributed by atoms with Gasteiger partial charge in [0.15, 0.2) is 22.5 Å². The van der Waals surface area contributed by atoms with Crippen molar-refractivity contribution in [1.29, 1.82) is 0 Å². The Balaban J connectivity index is 1.81. The molecule has 3 rings (SSSR count). The molecule has 3 N–H and O–H groups in total. The lowest BCUT2D eigenvalue weighted by Crippen LogP contribution is -2.41. The number of hydrogen-bond donors (Lipinski definition) is 3. The predicted molar refractivity (Wildman–Crippen MR) is 124 cm³/mol. The molecular formula is C22H21N5O6S. The summed E-state index contributed by atoms with van der Waals surface area (Å²) in [6, 6.07) is 14.8. The van der Waals surface area contributed by atoms with E-state index in [1.54, 1.807) is 30.9 Å². The van der Waals surface area contributed by atoms with E-state index in [4.69, 9.17) is 14.6 Å². The normalized spacial score (nSPS) is 10.6. The molecule has 0 aliphatic rings. The number of carboxylic acid groups (broad SMARTS) is 1. The maximum Gasteiger partial charge on any atom is 0.328 e. The van der Waals surface area contributed by atoms with E-state index >= 15 is 0 Å². The number of carbonyl (C=O) groups is 3. The van der Waals surface area contributed by atoms with E-state index in [0.717, 1.165) is 29.1 Å². The number of hydrazine groups is 1. The first-order valence-electron chi connectivity index (χ1n) is 9.78. The lowest BCUT2D eigenvalue weighted by Gasteiger charge is -2.12. The van der Waals surface area contributed by atoms with Gasteiger partial charge in [0.25, 0.3) is 5.91 Å². The molecule has 11 nitrogen and oxygen atoms in total. The van der Waals surface area contributed by atoms with Gasteiger partial charge in [-0.15, -0.1) is 10.2 Å². The van der Waals surface area contributed by atoms with Crippen LogP contribution in [-0.4, -0.2) is 57.6 Å². The fourth-order valence-corrected chi connectivity index (χ4v) is 3.57. The quantitative estimate of drug-likeness (QED) is 0.236. The first-order valence-corrected chi connectivity index (χ1v) is 10.8. The summed E-state index contributed by atoms with van der Waals surface area (Å²) in [6.07, 6.45) is 1.45. The summed E-state index contributed by atoms with van der Waals surface area (Å²) in [5, 5.41) is 17.5. The minimum absolute atomic E-state index is 0.0835. The first-order chi connectivity index (χ1) is 16.4. The molecule has 1 aromatic heterocycles. The highest BCUT2D eigenvalue weighted by Gasteiger charge is 2.19. The molecule has 0 saturated heterocycles. The highest BCUT2D eigenvalue weighted by molar-refractivity contribution is 7.99. The summed E-state index contributed by atoms with van der Waals surface area (Å²) in [7, 11) is 3.09. The monoisotopic (exact) mass is 483 g/mol. The van der Waals surface area contributed by atoms with Crippen molar-refractivity contribution in [2.24, 2.45) is 0 Å². The summed E-state index contributed by atoms with van der Waals surface area (Å²) in [4.78, 5) is 34.1. The standard InChI is InChI=1S/C22H21N5O6S/c1-32-16-9-8-14(12-17(16)33-2)21-25-26-22(27(21)15-6-4-3-5-7-15)34-13-19(29)24-23-18(28)10-11-20(30)31/h3-12H,13H2,1-2H3,(H,23,28)(H,24,29)(H,30,31)/b11-10-. The van der Waals surface area contributed by atoms with Crippen LogP contribution in [0.15, 0.2) is 65.8 Å². The summed E-state index contributed by atoms with van der Waals surface area (Å²) in [5.74, 6) is -1.02. The molecule has 0 atom stereocenters. The van der Waals surface area contributed by atoms with Crippen LogP contribution in [0.5, 0.6) is 11.5 Å². The Hall–Kier alpha value is -4.32. The van der Waals surface area contributed by atoms with Crippen LogP contribution in [0.3, 0.4) is 0 Å². The molecule has 0 radical (unpaired) electrons. The van der Waals surface area contributed by atoms with Crippen molar-refractivity contribution in [2.45, 2.75) is 5.16 Å². The van der Waals surface area contributed by atoms with Crippen LogP contribution in [-0.2, 0) is 14.4 Å². The van der Waals surface area contributed by atoms with E-state index in [-0.39, 0.29) is 5.75 Å². The molecule has 3 aromatic rings. The molecule has 0 aliphatic heterocycles. The van der Waals surface area contributed by atoms with Gasteiger partial charge in [-0.05, 0) is 30.3 Å². The zero-order valence-corrected chi connectivity index (χ0v) is 19.0. The van der Waals surface area contributed by atoms with E-state index in [1.807, 2.05) is 36.4 Å². The van der Waals surface area contributed by atoms with Crippen molar-refractivity contribution in [3.8, 4) is 28.6 Å². The van der Waals surface area contributed by atoms with E-state index < -0.39 is 17.8 Å². The molecule has 2 amide bonds. The number of nitrogens with one attached hydrogen (secondary N) is 2. The minimum atomic E-state index is -1.28. The molecule has 0 fully saturated rings. The van der Waals surface area contributed by atoms with E-state index in [9.17, 15) is 14.4 Å². The largest absolute Gasteiger partial charge is 0.493 e. The van der Waals surface area contributed by atoms with Gasteiger partial charge in [-0.25, -0.2) is 4.79 Å². The summed E-state index contributed by atoms with van der Waals surface area (Å²) in [6.45, 7) is 0. The predicted octanol–water partition coefficient (Wildman–Crippen LogP) is 1.83. The number of amides is 2. The highest BCUT2D eigenvalue weighted by Crippen LogP contribution is 2.34. The Bertz CT molecular complexity index is 1210. The maximum absolute atomic E-state index is 12.2. The SMILES string of the molecule is COc1ccc(-c2nnc(SCC(=O)NNC(=O)/C=C\C(=O)O)n2-c2ccccc2)cc1OC. The van der Waals surface area contributed by atoms with Crippen molar-refractivity contribution in [1.82, 2.24) is 25.6 Å². The Kier molecular flexibility index (Phi) is 8.24. The van der Waals surface area contributed by atoms with Gasteiger partial charge in [-0.2, -0.15) is 0 Å². The van der Waals surface area contributed by atoms with Crippen LogP contribution in [0.2, 0.25) is 0 Å². The fourth-order valence-electron chi connectivity index (χ4n) is 2.82. The van der Waals surface area contributed by atoms with Gasteiger partial charge in [0.1, 0.15) is 0 Å². The molecule has 0 spiro atoms. The number of nitrogens with zero attached hydrogens (tertiary/aromatic N) is 3. The van der Waals surface area contributed by atoms with Crippen molar-refractivity contribution >= 4 is 29.5 Å². The van der Waals surface area contributed by atoms with Crippen LogP contribution >= 0.6 is 11.8 Å². The molecule has 0 bridgehead atoms. The van der Waals surface area contributed by atoms with Crippen molar-refractivity contribution in [2.75, 3.05) is 20.0 Å². The van der Waals surface area contributed by atoms with Gasteiger partial charge < -0.3 is 14.6 Å². The van der Waals surface area contributed by atoms with Gasteiger partial charge in [0.2, 0.25) is 5.91 Å². The Morgan fingerprint density at radius 2 is 1.74 bits per heavy atom. The number of benzene rings is 2. The summed E-state index contributed by atoms with van der Waals surface area (Å²) < 4.78 is 12.5. The number of ether oxygens (including phenoxy) is 2. The van der Waals surface area contributed by atoms with Gasteiger partial charge in [-0.1, -0.05) is 30.0 Å². The zero-order valence-electron chi connectivity index (χ0n) is 18.2. The highest BCUT2D eigenvalue weighted by atomic mass is 32.2. The van der Waals surface area contributed by atoms with Crippen molar-refractivity contribution in [3.63, 3.8) is 0 Å². The first kappa shape index (κ1) is 24.3. The van der Waals surface area contributed by atoms with Crippen LogP contribution in [0.1, 0.15) is 0 Å². The van der Waals surface area contributed by atoms with E-state index in [1.165, 1.54) is 0 Å². The molecule has 0 aliphatic carbocycles. The third kappa shape index (κ3) is 6.13. The number of thioether (sulfide) groups is 1. The van der Waals surface area contributed by atoms with E-state index in [0.29, 0.717) is 28.6 Å². The third-order valence-electron chi connectivity index (χ3n) is 4.32. The van der Waals surface area contributed by atoms with Crippen molar-refractivity contribution in [3.05, 3.63) is 60.7 Å². The van der Waals surface area contributed by atoms with E-state index in [2.05, 4.69) is 21.0 Å². The lowest BCUT2D eigenvalue weighted by molar-refractivity contribution is -0.131. The average molecular weight is 484 g/mol. The second kappa shape index (κ2) is 11.5. The Morgan fingerprint density at radius 3 is 2.41 bits per heavy atom. The fraction of sp³-hybridized carbons (Fsp3) is 0.136. The number of carboxylic acids is 1. The number of aromatic nitrogens is 3. The molecule has 0 saturated carbocycles. The average Bonchev–Trinajstić information content (AvgIpc) is 3.28. The van der Waals surface area contributed by atoms with Gasteiger partial charge >= 0.3 is 5.97 Å². The number of para-hydroxylation sites is 1. The smallest absolute Gasteiger partial charge is 0.328 e. The van der Waals surface area contributed by atoms with Crippen LogP contribution in [0, 0.1) is 0 Å². The number of hydrogen-bond acceptors (Lipinski definition) is 8. The number of methoxy groups -OCH3 is 2. The topological polar surface area (TPSA) is 145 Å². The molecule has 34 heavy (non-hydrogen) atoms. The van der Waals surface area contributed by atoms with Crippen LogP contribution < -0.4 is 20.3 Å². The lowest BCUT2D eigenvalue weighted by atomic mass is 10.2. The molecule has 0 unspecified atom stereocenters. The molecule has 2 aromatic carbocycles. The molecule has 1 heterocycles. The maximum atomic E-state index is 12.2. The summed E-state index contributed by atoms with van der Waals surface area (Å²) >= 11 is 1.11. The zero-order chi connectivity index (χ0) is 24.5. The summed E-state index contributed by atoms with van der Waals surface area (Å²) in [5.41, 5.74) is 5.82. The minimum Gasteiger partial charge on any atom is -0.493 e. The van der Waals surface area contributed by atoms with Crippen LogP contribution in [0.25, 0.3) is 17.1 Å². The molecular weight excluding hydrogens is 462 g/mol. The molecule has 176 valence electrons. The second-order valence-corrected chi connectivity index (χ2v) is 7.49. The Labute approximate surface area is 198 Å². The van der Waals surface area contributed by atoms with Gasteiger partial charge in [-0.3, -0.25) is 25.0 Å². The Morgan fingerprint density at radius 1 is 1.00 bits per heavy atom.